The molecule has 10 aromatic carbocycles. The molecule has 65 heavy (non-hydrogen) atoms. The van der Waals surface area contributed by atoms with Crippen molar-refractivity contribution in [1.29, 1.82) is 0 Å². The van der Waals surface area contributed by atoms with Gasteiger partial charge in [0.25, 0.3) is 0 Å². The first-order valence-corrected chi connectivity index (χ1v) is 22.3. The summed E-state index contributed by atoms with van der Waals surface area (Å²) in [5.74, 6) is 1.88. The van der Waals surface area contributed by atoms with Crippen LogP contribution in [0.3, 0.4) is 0 Å². The molecule has 1 aromatic heterocycles. The molecule has 13 rings (SSSR count). The first kappa shape index (κ1) is 37.1. The second kappa shape index (κ2) is 14.8. The normalized spacial score (nSPS) is 12.7. The fraction of sp³-hybridized carbons (Fsp3) is 0.0161. The van der Waals surface area contributed by atoms with E-state index in [4.69, 9.17) is 15.0 Å². The molecule has 11 aromatic rings. The van der Waals surface area contributed by atoms with E-state index in [0.717, 1.165) is 49.7 Å². The van der Waals surface area contributed by atoms with Crippen LogP contribution >= 0.6 is 0 Å². The van der Waals surface area contributed by atoms with Crippen molar-refractivity contribution in [2.24, 2.45) is 0 Å². The van der Waals surface area contributed by atoms with Crippen molar-refractivity contribution in [3.05, 3.63) is 259 Å². The Morgan fingerprint density at radius 3 is 1.23 bits per heavy atom. The van der Waals surface area contributed by atoms with Gasteiger partial charge in [0.05, 0.1) is 5.41 Å². The Kier molecular flexibility index (Phi) is 8.44. The molecule has 2 aliphatic carbocycles. The van der Waals surface area contributed by atoms with Gasteiger partial charge in [-0.2, -0.15) is 0 Å². The van der Waals surface area contributed by atoms with Gasteiger partial charge in [-0.1, -0.05) is 212 Å². The maximum Gasteiger partial charge on any atom is 0.164 e. The number of rotatable bonds is 6. The lowest BCUT2D eigenvalue weighted by molar-refractivity contribution is 0.794. The van der Waals surface area contributed by atoms with Crippen LogP contribution in [0.2, 0.25) is 0 Å². The quantitative estimate of drug-likeness (QED) is 0.168. The van der Waals surface area contributed by atoms with E-state index in [1.165, 1.54) is 55.6 Å². The van der Waals surface area contributed by atoms with Crippen molar-refractivity contribution in [2.45, 2.75) is 5.41 Å². The zero-order valence-corrected chi connectivity index (χ0v) is 35.4. The monoisotopic (exact) mass is 825 g/mol. The highest BCUT2D eigenvalue weighted by molar-refractivity contribution is 6.09. The lowest BCUT2D eigenvalue weighted by Crippen LogP contribution is -2.25. The summed E-state index contributed by atoms with van der Waals surface area (Å²) in [6.07, 6.45) is 0. The molecule has 0 atom stereocenters. The first-order valence-electron chi connectivity index (χ1n) is 22.3. The summed E-state index contributed by atoms with van der Waals surface area (Å²) in [5.41, 5.74) is 19.8. The van der Waals surface area contributed by atoms with Crippen LogP contribution < -0.4 is 0 Å². The number of aromatic nitrogens is 3. The van der Waals surface area contributed by atoms with E-state index in [2.05, 4.69) is 218 Å². The van der Waals surface area contributed by atoms with Crippen molar-refractivity contribution < 1.29 is 0 Å². The van der Waals surface area contributed by atoms with Crippen LogP contribution in [-0.4, -0.2) is 15.0 Å². The van der Waals surface area contributed by atoms with Crippen LogP contribution in [0.15, 0.2) is 237 Å². The van der Waals surface area contributed by atoms with Crippen LogP contribution in [0, 0.1) is 0 Å². The van der Waals surface area contributed by atoms with E-state index in [0.29, 0.717) is 17.5 Å². The highest BCUT2D eigenvalue weighted by atomic mass is 15.0. The molecule has 0 radical (unpaired) electrons. The molecule has 0 saturated carbocycles. The third kappa shape index (κ3) is 5.72. The van der Waals surface area contributed by atoms with Gasteiger partial charge in [-0.3, -0.25) is 0 Å². The number of fused-ring (bicyclic) bond motifs is 11. The molecule has 0 bridgehead atoms. The molecular weight excluding hydrogens is 787 g/mol. The minimum Gasteiger partial charge on any atom is -0.208 e. The number of hydrogen-bond donors (Lipinski definition) is 0. The summed E-state index contributed by atoms with van der Waals surface area (Å²) in [5, 5.41) is 2.23. The fourth-order valence-electron chi connectivity index (χ4n) is 10.8. The van der Waals surface area contributed by atoms with Gasteiger partial charge < -0.3 is 0 Å². The van der Waals surface area contributed by atoms with Crippen molar-refractivity contribution in [1.82, 2.24) is 15.0 Å². The molecule has 3 nitrogen and oxygen atoms in total. The molecule has 0 unspecified atom stereocenters. The smallest absolute Gasteiger partial charge is 0.164 e. The maximum atomic E-state index is 5.38. The average Bonchev–Trinajstić information content (AvgIpc) is 3.86. The molecule has 1 spiro atoms. The number of nitrogens with zero attached hydrogens (tertiary/aromatic N) is 3. The topological polar surface area (TPSA) is 38.7 Å². The minimum absolute atomic E-state index is 0.418. The Morgan fingerprint density at radius 2 is 0.631 bits per heavy atom. The molecule has 0 saturated heterocycles. The van der Waals surface area contributed by atoms with Gasteiger partial charge in [-0.25, -0.2) is 15.0 Å². The zero-order chi connectivity index (χ0) is 42.9. The van der Waals surface area contributed by atoms with E-state index in [-0.39, 0.29) is 0 Å². The van der Waals surface area contributed by atoms with Gasteiger partial charge in [0, 0.05) is 16.7 Å². The van der Waals surface area contributed by atoms with E-state index >= 15 is 0 Å². The first-order chi connectivity index (χ1) is 32.2. The molecule has 0 aliphatic heterocycles. The third-order valence-corrected chi connectivity index (χ3v) is 13.5. The van der Waals surface area contributed by atoms with Gasteiger partial charge in [-0.15, -0.1) is 0 Å². The molecule has 2 aliphatic rings. The van der Waals surface area contributed by atoms with Crippen LogP contribution in [0.25, 0.3) is 101 Å². The van der Waals surface area contributed by atoms with Crippen molar-refractivity contribution >= 4 is 10.8 Å². The standard InChI is InChI=1S/C62H39N3/c1-4-19-40(20-5-1)43-37-44(41-21-6-2-7-22-41)39-45(38-43)60-63-59(42-23-8-3-9-24-42)64-61(65-60)52-36-35-48(46-25-10-11-26-47(46)52)51-30-18-34-57-58(51)53-29-14-17-33-56(53)62(57)54-31-15-12-27-49(54)50-28-13-16-32-55(50)62/h1-39H. The van der Waals surface area contributed by atoms with Gasteiger partial charge in [0.1, 0.15) is 0 Å². The van der Waals surface area contributed by atoms with E-state index in [9.17, 15) is 0 Å². The summed E-state index contributed by atoms with van der Waals surface area (Å²) < 4.78 is 0. The van der Waals surface area contributed by atoms with Gasteiger partial charge >= 0.3 is 0 Å². The molecule has 0 N–H and O–H groups in total. The van der Waals surface area contributed by atoms with Crippen LogP contribution in [-0.2, 0) is 5.41 Å². The van der Waals surface area contributed by atoms with Gasteiger partial charge in [0.2, 0.25) is 0 Å². The maximum absolute atomic E-state index is 5.38. The largest absolute Gasteiger partial charge is 0.208 e. The Bertz CT molecular complexity index is 3550. The molecule has 0 fully saturated rings. The molecule has 1 heterocycles. The lowest BCUT2D eigenvalue weighted by Gasteiger charge is -2.30. The molecular formula is C62H39N3. The predicted molar refractivity (Wildman–Crippen MR) is 266 cm³/mol. The second-order valence-electron chi connectivity index (χ2n) is 17.0. The van der Waals surface area contributed by atoms with E-state index < -0.39 is 5.41 Å². The summed E-state index contributed by atoms with van der Waals surface area (Å²) in [6, 6.07) is 85.2. The highest BCUT2D eigenvalue weighted by Gasteiger charge is 2.52. The molecule has 0 amide bonds. The average molecular weight is 826 g/mol. The Hall–Kier alpha value is -8.53. The number of benzene rings is 10. The Labute approximate surface area is 378 Å². The summed E-state index contributed by atoms with van der Waals surface area (Å²) in [7, 11) is 0. The van der Waals surface area contributed by atoms with E-state index in [1.54, 1.807) is 0 Å². The SMILES string of the molecule is c1ccc(-c2cc(-c3ccccc3)cc(-c3nc(-c4ccccc4)nc(-c4ccc(-c5cccc6c5-c5ccccc5C65c6ccccc6-c6ccccc65)c5ccccc45)n3)c2)cc1. The Morgan fingerprint density at radius 1 is 0.231 bits per heavy atom. The van der Waals surface area contributed by atoms with Gasteiger partial charge in [0.15, 0.2) is 17.5 Å². The second-order valence-corrected chi connectivity index (χ2v) is 17.0. The molecule has 3 heteroatoms. The molecule has 302 valence electrons. The van der Waals surface area contributed by atoms with Crippen LogP contribution in [0.4, 0.5) is 0 Å². The third-order valence-electron chi connectivity index (χ3n) is 13.5. The summed E-state index contributed by atoms with van der Waals surface area (Å²) >= 11 is 0. The zero-order valence-electron chi connectivity index (χ0n) is 35.4. The fourth-order valence-corrected chi connectivity index (χ4v) is 10.8. The van der Waals surface area contributed by atoms with Crippen molar-refractivity contribution in [3.8, 4) is 89.8 Å². The van der Waals surface area contributed by atoms with Gasteiger partial charge in [-0.05, 0) is 113 Å². The highest BCUT2D eigenvalue weighted by Crippen LogP contribution is 2.64. The number of hydrogen-bond acceptors (Lipinski definition) is 3. The van der Waals surface area contributed by atoms with E-state index in [1.807, 2.05) is 18.2 Å². The van der Waals surface area contributed by atoms with Crippen LogP contribution in [0.5, 0.6) is 0 Å². The Balaban J connectivity index is 1.02. The summed E-state index contributed by atoms with van der Waals surface area (Å²) in [4.78, 5) is 15.9. The predicted octanol–water partition coefficient (Wildman–Crippen LogP) is 15.4. The van der Waals surface area contributed by atoms with Crippen LogP contribution in [0.1, 0.15) is 22.3 Å². The van der Waals surface area contributed by atoms with Crippen molar-refractivity contribution in [2.75, 3.05) is 0 Å². The minimum atomic E-state index is -0.418. The lowest BCUT2D eigenvalue weighted by atomic mass is 9.70. The van der Waals surface area contributed by atoms with Crippen molar-refractivity contribution in [3.63, 3.8) is 0 Å². The summed E-state index contributed by atoms with van der Waals surface area (Å²) in [6.45, 7) is 0.